The molecule has 4 heterocycles. The molecule has 0 bridgehead atoms. The highest BCUT2D eigenvalue weighted by Crippen LogP contribution is 2.27. The van der Waals surface area contributed by atoms with Crippen LogP contribution in [0.1, 0.15) is 50.7 Å². The fraction of sp³-hybridized carbons (Fsp3) is 0.333. The largest absolute Gasteiger partial charge is 0.302 e. The third kappa shape index (κ3) is 8.55. The molecule has 0 aliphatic heterocycles. The first-order valence-corrected chi connectivity index (χ1v) is 15.4. The van der Waals surface area contributed by atoms with Gasteiger partial charge in [0.2, 0.25) is 33.9 Å². The highest BCUT2D eigenvalue weighted by Gasteiger charge is 2.19. The molecule has 0 aromatic carbocycles. The molecule has 20 heteroatoms. The molecule has 41 heavy (non-hydrogen) atoms. The lowest BCUT2D eigenvalue weighted by molar-refractivity contribution is -0.116. The SMILES string of the molecule is CC(=O)Nc1nc(Cc2nnc(SCSc3nnc(Cc4csc(NC(C)=O)n4)n3NC(C)=O)n2NC(C)=O)cs1. The van der Waals surface area contributed by atoms with Crippen molar-refractivity contribution >= 4 is 80.1 Å². The average molecular weight is 637 g/mol. The van der Waals surface area contributed by atoms with Crippen molar-refractivity contribution in [1.29, 1.82) is 0 Å². The van der Waals surface area contributed by atoms with Gasteiger partial charge in [-0.1, -0.05) is 23.5 Å². The molecule has 0 radical (unpaired) electrons. The zero-order chi connectivity index (χ0) is 29.5. The topological polar surface area (TPSA) is 204 Å². The maximum absolute atomic E-state index is 11.9. The van der Waals surface area contributed by atoms with Gasteiger partial charge in [0, 0.05) is 38.5 Å². The molecule has 0 unspecified atom stereocenters. The molecule has 4 N–H and O–H groups in total. The maximum atomic E-state index is 11.9. The summed E-state index contributed by atoms with van der Waals surface area (Å²) in [7, 11) is 0. The van der Waals surface area contributed by atoms with Crippen molar-refractivity contribution in [2.75, 3.05) is 26.6 Å². The van der Waals surface area contributed by atoms with Crippen LogP contribution in [-0.2, 0) is 32.0 Å². The summed E-state index contributed by atoms with van der Waals surface area (Å²) in [5.74, 6) is -0.141. The Hall–Kier alpha value is -3.88. The molecular formula is C21H24N12O4S4. The Kier molecular flexibility index (Phi) is 10.0. The first kappa shape index (κ1) is 30.1. The third-order valence-electron chi connectivity index (χ3n) is 4.66. The second-order valence-electron chi connectivity index (χ2n) is 8.21. The first-order valence-electron chi connectivity index (χ1n) is 11.7. The Bertz CT molecular complexity index is 1460. The van der Waals surface area contributed by atoms with Crippen molar-refractivity contribution in [1.82, 2.24) is 39.7 Å². The molecule has 216 valence electrons. The van der Waals surface area contributed by atoms with E-state index in [-0.39, 0.29) is 36.5 Å². The van der Waals surface area contributed by atoms with Crippen LogP contribution in [0.15, 0.2) is 21.1 Å². The van der Waals surface area contributed by atoms with E-state index in [2.05, 4.69) is 51.8 Å². The van der Waals surface area contributed by atoms with Crippen LogP contribution in [0.2, 0.25) is 0 Å². The Morgan fingerprint density at radius 3 is 1.46 bits per heavy atom. The van der Waals surface area contributed by atoms with Crippen LogP contribution in [0.5, 0.6) is 0 Å². The van der Waals surface area contributed by atoms with Gasteiger partial charge in [0.05, 0.1) is 29.3 Å². The summed E-state index contributed by atoms with van der Waals surface area (Å²) in [4.78, 5) is 55.1. The van der Waals surface area contributed by atoms with Crippen LogP contribution >= 0.6 is 46.2 Å². The number of anilines is 2. The van der Waals surface area contributed by atoms with Gasteiger partial charge in [0.15, 0.2) is 21.9 Å². The van der Waals surface area contributed by atoms with E-state index >= 15 is 0 Å². The van der Waals surface area contributed by atoms with Crippen LogP contribution < -0.4 is 21.5 Å². The second-order valence-corrected chi connectivity index (χ2v) is 12.2. The van der Waals surface area contributed by atoms with E-state index < -0.39 is 0 Å². The molecule has 0 fully saturated rings. The van der Waals surface area contributed by atoms with Crippen LogP contribution in [0.4, 0.5) is 10.3 Å². The summed E-state index contributed by atoms with van der Waals surface area (Å²) in [6, 6.07) is 0. The van der Waals surface area contributed by atoms with Crippen LogP contribution in [0.3, 0.4) is 0 Å². The van der Waals surface area contributed by atoms with E-state index in [0.29, 0.717) is 48.7 Å². The number of nitrogens with one attached hydrogen (secondary N) is 4. The van der Waals surface area contributed by atoms with Crippen LogP contribution in [-0.4, -0.2) is 68.4 Å². The molecule has 4 aromatic heterocycles. The quantitative estimate of drug-likeness (QED) is 0.130. The number of nitrogens with zero attached hydrogens (tertiary/aromatic N) is 8. The van der Waals surface area contributed by atoms with Gasteiger partial charge in [0.1, 0.15) is 0 Å². The van der Waals surface area contributed by atoms with Gasteiger partial charge >= 0.3 is 0 Å². The molecule has 0 saturated carbocycles. The standard InChI is InChI=1S/C21H24N12O4S4/c1-10(34)22-18-24-14(7-38-18)5-16-26-28-20(32(16)30-12(3)36)40-9-41-21-29-27-17(33(21)31-13(4)37)6-15-8-39-19(25-15)23-11(2)35/h7-8H,5-6,9H2,1-4H3,(H,30,36)(H,31,37)(H,22,24,34)(H,23,25,35). The molecule has 16 nitrogen and oxygen atoms in total. The van der Waals surface area contributed by atoms with Crippen molar-refractivity contribution in [3.8, 4) is 0 Å². The molecule has 4 amide bonds. The lowest BCUT2D eigenvalue weighted by Gasteiger charge is -2.10. The number of carbonyl (C=O) groups excluding carboxylic acids is 4. The fourth-order valence-electron chi connectivity index (χ4n) is 3.21. The minimum Gasteiger partial charge on any atom is -0.302 e. The second kappa shape index (κ2) is 13.7. The summed E-state index contributed by atoms with van der Waals surface area (Å²) < 4.78 is 2.98. The summed E-state index contributed by atoms with van der Waals surface area (Å²) in [5, 5.41) is 27.9. The number of thiazole rings is 2. The summed E-state index contributed by atoms with van der Waals surface area (Å²) in [6.07, 6.45) is 0.551. The number of thioether (sulfide) groups is 2. The summed E-state index contributed by atoms with van der Waals surface area (Å²) in [5.41, 5.74) is 6.75. The predicted molar refractivity (Wildman–Crippen MR) is 155 cm³/mol. The predicted octanol–water partition coefficient (Wildman–Crippen LogP) is 1.90. The number of hydrogen-bond donors (Lipinski definition) is 4. The number of aromatic nitrogens is 8. The smallest absolute Gasteiger partial charge is 0.235 e. The Morgan fingerprint density at radius 1 is 0.683 bits per heavy atom. The van der Waals surface area contributed by atoms with Crippen LogP contribution in [0.25, 0.3) is 0 Å². The highest BCUT2D eigenvalue weighted by atomic mass is 32.2. The molecular weight excluding hydrogens is 613 g/mol. The average Bonchev–Trinajstić information content (AvgIpc) is 3.66. The molecule has 0 spiro atoms. The zero-order valence-electron chi connectivity index (χ0n) is 22.1. The Balaban J connectivity index is 1.45. The van der Waals surface area contributed by atoms with Crippen molar-refractivity contribution in [3.05, 3.63) is 33.8 Å². The lowest BCUT2D eigenvalue weighted by atomic mass is 10.3. The van der Waals surface area contributed by atoms with E-state index in [0.717, 1.165) is 0 Å². The molecule has 0 atom stereocenters. The van der Waals surface area contributed by atoms with Gasteiger partial charge in [-0.05, 0) is 0 Å². The first-order chi connectivity index (χ1) is 19.6. The highest BCUT2D eigenvalue weighted by molar-refractivity contribution is 8.15. The van der Waals surface area contributed by atoms with E-state index in [1.54, 1.807) is 10.8 Å². The van der Waals surface area contributed by atoms with Gasteiger partial charge in [-0.2, -0.15) is 0 Å². The number of hydrogen-bond acceptors (Lipinski definition) is 14. The van der Waals surface area contributed by atoms with Gasteiger partial charge in [-0.3, -0.25) is 30.0 Å². The molecule has 0 aliphatic carbocycles. The van der Waals surface area contributed by atoms with E-state index in [1.165, 1.54) is 83.2 Å². The number of amides is 4. The van der Waals surface area contributed by atoms with Gasteiger partial charge < -0.3 is 10.6 Å². The lowest BCUT2D eigenvalue weighted by Crippen LogP contribution is -2.23. The van der Waals surface area contributed by atoms with E-state index in [1.807, 2.05) is 0 Å². The third-order valence-corrected chi connectivity index (χ3v) is 8.26. The Morgan fingerprint density at radius 2 is 1.10 bits per heavy atom. The van der Waals surface area contributed by atoms with Crippen molar-refractivity contribution < 1.29 is 19.2 Å². The fourth-order valence-corrected chi connectivity index (χ4v) is 6.56. The minimum absolute atomic E-state index is 0.218. The van der Waals surface area contributed by atoms with E-state index in [9.17, 15) is 19.2 Å². The van der Waals surface area contributed by atoms with Gasteiger partial charge in [0.25, 0.3) is 0 Å². The van der Waals surface area contributed by atoms with Gasteiger partial charge in [-0.25, -0.2) is 19.3 Å². The normalized spacial score (nSPS) is 10.8. The molecule has 0 saturated heterocycles. The zero-order valence-corrected chi connectivity index (χ0v) is 25.4. The monoisotopic (exact) mass is 636 g/mol. The van der Waals surface area contributed by atoms with Crippen LogP contribution in [0, 0.1) is 0 Å². The summed E-state index contributed by atoms with van der Waals surface area (Å²) >= 11 is 5.16. The van der Waals surface area contributed by atoms with E-state index in [4.69, 9.17) is 0 Å². The van der Waals surface area contributed by atoms with Gasteiger partial charge in [-0.15, -0.1) is 43.1 Å². The molecule has 0 aliphatic rings. The maximum Gasteiger partial charge on any atom is 0.235 e. The minimum atomic E-state index is -0.309. The number of rotatable bonds is 12. The van der Waals surface area contributed by atoms with Crippen molar-refractivity contribution in [2.45, 2.75) is 50.8 Å². The molecule has 4 aromatic rings. The summed E-state index contributed by atoms with van der Waals surface area (Å²) in [6.45, 7) is 5.57. The Labute approximate surface area is 249 Å². The van der Waals surface area contributed by atoms with Crippen molar-refractivity contribution in [3.63, 3.8) is 0 Å². The van der Waals surface area contributed by atoms with Crippen molar-refractivity contribution in [2.24, 2.45) is 0 Å². The molecule has 4 rings (SSSR count). The number of carbonyl (C=O) groups is 4.